The number of nitrogens with zero attached hydrogens (tertiary/aromatic N) is 7. The van der Waals surface area contributed by atoms with Crippen LogP contribution < -0.4 is 0 Å². The molecule has 0 spiro atoms. The van der Waals surface area contributed by atoms with E-state index in [1.54, 1.807) is 24.8 Å². The first-order valence-corrected chi connectivity index (χ1v) is 9.32. The molecule has 0 unspecified atom stereocenters. The van der Waals surface area contributed by atoms with E-state index >= 15 is 4.39 Å². The van der Waals surface area contributed by atoms with Crippen molar-refractivity contribution in [3.8, 4) is 33.9 Å². The molecule has 2 N–H and O–H groups in total. The third kappa shape index (κ3) is 2.73. The van der Waals surface area contributed by atoms with Crippen molar-refractivity contribution in [2.24, 2.45) is 0 Å². The van der Waals surface area contributed by atoms with Crippen molar-refractivity contribution in [2.45, 2.75) is 0 Å². The molecule has 0 aliphatic heterocycles. The van der Waals surface area contributed by atoms with E-state index in [1.807, 2.05) is 12.1 Å². The van der Waals surface area contributed by atoms with Gasteiger partial charge in [0.1, 0.15) is 17.7 Å². The fraction of sp³-hybridized carbons (Fsp3) is 0. The first-order valence-electron chi connectivity index (χ1n) is 9.32. The van der Waals surface area contributed by atoms with Crippen LogP contribution >= 0.6 is 0 Å². The number of hydrogen-bond acceptors (Lipinski definition) is 7. The summed E-state index contributed by atoms with van der Waals surface area (Å²) in [4.78, 5) is 28.4. The Kier molecular flexibility index (Phi) is 3.75. The number of rotatable bonds is 3. The number of aromatic nitrogens is 9. The van der Waals surface area contributed by atoms with Crippen molar-refractivity contribution >= 4 is 21.9 Å². The highest BCUT2D eigenvalue weighted by molar-refractivity contribution is 5.97. The predicted octanol–water partition coefficient (Wildman–Crippen LogP) is 3.55. The number of aromatic amines is 2. The van der Waals surface area contributed by atoms with Crippen LogP contribution in [0, 0.1) is 5.82 Å². The molecule has 31 heavy (non-hydrogen) atoms. The van der Waals surface area contributed by atoms with Crippen molar-refractivity contribution in [3.63, 3.8) is 0 Å². The summed E-state index contributed by atoms with van der Waals surface area (Å²) < 4.78 is 15.5. The lowest BCUT2D eigenvalue weighted by molar-refractivity contribution is 0.638. The number of pyridine rings is 3. The zero-order chi connectivity index (χ0) is 20.8. The Hall–Kier alpha value is -4.60. The monoisotopic (exact) mass is 409 g/mol. The SMILES string of the molecule is Fc1c(-c2cncnc2)ncc2[nH]nc(-c3nc4c(-c5ccncc5)cncc4[nH]3)c12. The normalized spacial score (nSPS) is 11.4. The summed E-state index contributed by atoms with van der Waals surface area (Å²) in [5, 5.41) is 7.41. The highest BCUT2D eigenvalue weighted by atomic mass is 19.1. The Labute approximate surface area is 173 Å². The van der Waals surface area contributed by atoms with Gasteiger partial charge in [-0.25, -0.2) is 19.3 Å². The molecule has 6 heterocycles. The molecule has 148 valence electrons. The lowest BCUT2D eigenvalue weighted by atomic mass is 10.1. The molecule has 0 bridgehead atoms. The molecule has 0 fully saturated rings. The fourth-order valence-electron chi connectivity index (χ4n) is 3.56. The Balaban J connectivity index is 1.56. The van der Waals surface area contributed by atoms with E-state index in [-0.39, 0.29) is 11.1 Å². The highest BCUT2D eigenvalue weighted by Crippen LogP contribution is 2.33. The van der Waals surface area contributed by atoms with Crippen LogP contribution in [0.2, 0.25) is 0 Å². The summed E-state index contributed by atoms with van der Waals surface area (Å²) in [6.45, 7) is 0. The van der Waals surface area contributed by atoms with E-state index in [0.717, 1.165) is 11.1 Å². The lowest BCUT2D eigenvalue weighted by Crippen LogP contribution is -1.93. The number of halogens is 1. The van der Waals surface area contributed by atoms with Crippen molar-refractivity contribution in [2.75, 3.05) is 0 Å². The summed E-state index contributed by atoms with van der Waals surface area (Å²) in [7, 11) is 0. The van der Waals surface area contributed by atoms with E-state index in [0.29, 0.717) is 33.6 Å². The maximum absolute atomic E-state index is 15.5. The molecule has 0 amide bonds. The highest BCUT2D eigenvalue weighted by Gasteiger charge is 2.21. The first kappa shape index (κ1) is 17.3. The smallest absolute Gasteiger partial charge is 0.161 e. The summed E-state index contributed by atoms with van der Waals surface area (Å²) >= 11 is 0. The van der Waals surface area contributed by atoms with Crippen molar-refractivity contribution < 1.29 is 4.39 Å². The van der Waals surface area contributed by atoms with Crippen LogP contribution in [0.3, 0.4) is 0 Å². The molecule has 6 aromatic heterocycles. The van der Waals surface area contributed by atoms with Crippen LogP contribution in [-0.4, -0.2) is 45.1 Å². The van der Waals surface area contributed by atoms with Gasteiger partial charge in [0.05, 0.1) is 34.3 Å². The van der Waals surface area contributed by atoms with Crippen molar-refractivity contribution in [1.29, 1.82) is 0 Å². The van der Waals surface area contributed by atoms with Gasteiger partial charge >= 0.3 is 0 Å². The van der Waals surface area contributed by atoms with Gasteiger partial charge in [0, 0.05) is 42.1 Å². The molecular weight excluding hydrogens is 397 g/mol. The minimum Gasteiger partial charge on any atom is -0.335 e. The van der Waals surface area contributed by atoms with Gasteiger partial charge in [-0.1, -0.05) is 0 Å². The second kappa shape index (κ2) is 6.73. The van der Waals surface area contributed by atoms with Crippen LogP contribution in [0.5, 0.6) is 0 Å². The third-order valence-corrected chi connectivity index (χ3v) is 4.99. The molecule has 0 atom stereocenters. The van der Waals surface area contributed by atoms with E-state index in [1.165, 1.54) is 24.9 Å². The average Bonchev–Trinajstić information content (AvgIpc) is 3.45. The second-order valence-corrected chi connectivity index (χ2v) is 6.81. The Morgan fingerprint density at radius 3 is 2.45 bits per heavy atom. The van der Waals surface area contributed by atoms with Gasteiger partial charge in [-0.2, -0.15) is 5.10 Å². The summed E-state index contributed by atoms with van der Waals surface area (Å²) in [5.41, 5.74) is 4.62. The van der Waals surface area contributed by atoms with E-state index < -0.39 is 5.82 Å². The number of fused-ring (bicyclic) bond motifs is 2. The Morgan fingerprint density at radius 2 is 1.61 bits per heavy atom. The average molecular weight is 409 g/mol. The number of imidazole rings is 1. The van der Waals surface area contributed by atoms with Crippen LogP contribution in [0.4, 0.5) is 4.39 Å². The van der Waals surface area contributed by atoms with Crippen LogP contribution in [0.15, 0.2) is 61.8 Å². The molecule has 0 aliphatic rings. The maximum Gasteiger partial charge on any atom is 0.161 e. The Morgan fingerprint density at radius 1 is 0.774 bits per heavy atom. The van der Waals surface area contributed by atoms with Gasteiger partial charge in [-0.15, -0.1) is 0 Å². The predicted molar refractivity (Wildman–Crippen MR) is 111 cm³/mol. The van der Waals surface area contributed by atoms with Gasteiger partial charge < -0.3 is 4.98 Å². The summed E-state index contributed by atoms with van der Waals surface area (Å²) in [6.07, 6.45) is 12.8. The van der Waals surface area contributed by atoms with Crippen LogP contribution in [0.1, 0.15) is 0 Å². The summed E-state index contributed by atoms with van der Waals surface area (Å²) in [5.74, 6) is -0.103. The molecule has 0 radical (unpaired) electrons. The fourth-order valence-corrected chi connectivity index (χ4v) is 3.56. The van der Waals surface area contributed by atoms with Crippen molar-refractivity contribution in [1.82, 2.24) is 45.1 Å². The molecule has 0 aromatic carbocycles. The van der Waals surface area contributed by atoms with E-state index in [2.05, 4.69) is 40.1 Å². The van der Waals surface area contributed by atoms with Gasteiger partial charge in [0.15, 0.2) is 11.6 Å². The van der Waals surface area contributed by atoms with Gasteiger partial charge in [-0.3, -0.25) is 20.1 Å². The lowest BCUT2D eigenvalue weighted by Gasteiger charge is -2.03. The summed E-state index contributed by atoms with van der Waals surface area (Å²) in [6, 6.07) is 3.77. The minimum absolute atomic E-state index is 0.144. The van der Waals surface area contributed by atoms with Gasteiger partial charge in [-0.05, 0) is 17.7 Å². The third-order valence-electron chi connectivity index (χ3n) is 4.99. The quantitative estimate of drug-likeness (QED) is 0.458. The Bertz CT molecular complexity index is 1540. The number of nitrogens with one attached hydrogen (secondary N) is 2. The standard InChI is InChI=1S/C21H12FN9/c22-17-16-14(9-27-18(17)12-5-25-10-26-6-12)30-31-20(16)21-28-15-8-24-7-13(19(15)29-21)11-1-3-23-4-2-11/h1-10H,(H,28,29)(H,30,31). The molecule has 9 nitrogen and oxygen atoms in total. The first-order chi connectivity index (χ1) is 15.3. The van der Waals surface area contributed by atoms with Gasteiger partial charge in [0.25, 0.3) is 0 Å². The molecule has 0 saturated heterocycles. The molecule has 0 saturated carbocycles. The minimum atomic E-state index is -0.524. The molecule has 10 heteroatoms. The van der Waals surface area contributed by atoms with E-state index in [9.17, 15) is 0 Å². The number of H-pyrrole nitrogens is 2. The molecular formula is C21H12FN9. The van der Waals surface area contributed by atoms with Crippen LogP contribution in [-0.2, 0) is 0 Å². The zero-order valence-electron chi connectivity index (χ0n) is 15.8. The molecule has 6 rings (SSSR count). The second-order valence-electron chi connectivity index (χ2n) is 6.81. The van der Waals surface area contributed by atoms with Gasteiger partial charge in [0.2, 0.25) is 0 Å². The zero-order valence-corrected chi connectivity index (χ0v) is 15.8. The number of hydrogen-bond donors (Lipinski definition) is 2. The molecule has 6 aromatic rings. The van der Waals surface area contributed by atoms with Crippen molar-refractivity contribution in [3.05, 3.63) is 67.7 Å². The topological polar surface area (TPSA) is 122 Å². The molecule has 0 aliphatic carbocycles. The van der Waals surface area contributed by atoms with Crippen LogP contribution in [0.25, 0.3) is 55.8 Å². The van der Waals surface area contributed by atoms with E-state index in [4.69, 9.17) is 4.98 Å². The largest absolute Gasteiger partial charge is 0.335 e. The maximum atomic E-state index is 15.5.